The second-order valence-electron chi connectivity index (χ2n) is 13.2. The van der Waals surface area contributed by atoms with Crippen LogP contribution in [0.4, 0.5) is 4.79 Å². The van der Waals surface area contributed by atoms with Gasteiger partial charge in [-0.25, -0.2) is 14.8 Å². The Morgan fingerprint density at radius 3 is 2.49 bits per heavy atom. The number of imidazole rings is 1. The van der Waals surface area contributed by atoms with Gasteiger partial charge in [0.15, 0.2) is 0 Å². The molecule has 1 aromatic carbocycles. The number of benzene rings is 1. The Bertz CT molecular complexity index is 1480. The molecule has 6 rings (SSSR count). The van der Waals surface area contributed by atoms with Gasteiger partial charge >= 0.3 is 6.09 Å². The van der Waals surface area contributed by atoms with Crippen LogP contribution in [-0.2, 0) is 9.47 Å². The smallest absolute Gasteiger partial charge is 0.410 e. The molecule has 0 radical (unpaired) electrons. The molecular weight excluding hydrogens is 542 g/mol. The minimum absolute atomic E-state index is 0.205. The lowest BCUT2D eigenvalue weighted by Crippen LogP contribution is -2.52. The van der Waals surface area contributed by atoms with Crippen LogP contribution in [0.2, 0.25) is 0 Å². The number of carbonyl (C=O) groups excluding carboxylic acids is 1. The highest BCUT2D eigenvalue weighted by atomic mass is 16.6. The summed E-state index contributed by atoms with van der Waals surface area (Å²) in [6.07, 6.45) is 13.3. The summed E-state index contributed by atoms with van der Waals surface area (Å²) >= 11 is 0. The molecule has 1 amide bonds. The van der Waals surface area contributed by atoms with Gasteiger partial charge in [-0.15, -0.1) is 0 Å². The highest BCUT2D eigenvalue weighted by Crippen LogP contribution is 2.34. The molecule has 3 fully saturated rings. The van der Waals surface area contributed by atoms with Gasteiger partial charge in [0.2, 0.25) is 5.78 Å². The average Bonchev–Trinajstić information content (AvgIpc) is 3.38. The molecule has 1 N–H and O–H groups in total. The van der Waals surface area contributed by atoms with Crippen LogP contribution in [-0.4, -0.2) is 85.4 Å². The van der Waals surface area contributed by atoms with Crippen molar-refractivity contribution >= 4 is 11.9 Å². The average molecular weight is 586 g/mol. The van der Waals surface area contributed by atoms with Crippen molar-refractivity contribution in [1.29, 1.82) is 0 Å². The first-order chi connectivity index (χ1) is 20.7. The predicted octanol–water partition coefficient (Wildman–Crippen LogP) is 5.50. The van der Waals surface area contributed by atoms with E-state index in [4.69, 9.17) is 9.47 Å². The Balaban J connectivity index is 0.902. The van der Waals surface area contributed by atoms with E-state index >= 15 is 0 Å². The zero-order valence-corrected chi connectivity index (χ0v) is 25.5. The Labute approximate surface area is 254 Å². The monoisotopic (exact) mass is 585 g/mol. The van der Waals surface area contributed by atoms with Gasteiger partial charge in [0.1, 0.15) is 11.4 Å². The molecule has 1 aliphatic carbocycles. The summed E-state index contributed by atoms with van der Waals surface area (Å²) in [7, 11) is 0. The number of fused-ring (bicyclic) bond motifs is 1. The molecule has 3 aromatic rings. The number of aromatic hydroxyl groups is 1. The van der Waals surface area contributed by atoms with Gasteiger partial charge < -0.3 is 24.4 Å². The zero-order chi connectivity index (χ0) is 30.0. The number of likely N-dealkylation sites (tertiary alicyclic amines) is 2. The molecule has 9 heteroatoms. The first-order valence-electron chi connectivity index (χ1n) is 15.7. The van der Waals surface area contributed by atoms with Crippen molar-refractivity contribution in [3.8, 4) is 28.8 Å². The number of carbonyl (C=O) groups is 1. The highest BCUT2D eigenvalue weighted by Gasteiger charge is 2.38. The summed E-state index contributed by atoms with van der Waals surface area (Å²) in [5.41, 5.74) is 1.78. The van der Waals surface area contributed by atoms with Gasteiger partial charge in [-0.2, -0.15) is 0 Å². The Kier molecular flexibility index (Phi) is 8.60. The van der Waals surface area contributed by atoms with Crippen molar-refractivity contribution in [2.24, 2.45) is 5.92 Å². The van der Waals surface area contributed by atoms with E-state index in [2.05, 4.69) is 26.7 Å². The fourth-order valence-electron chi connectivity index (χ4n) is 6.31. The van der Waals surface area contributed by atoms with Crippen molar-refractivity contribution in [3.05, 3.63) is 48.4 Å². The SMILES string of the molecule is CC(C)(C)OC(=O)N1CCC(OC2CC(N3CCC(CC#Cc4cnc5nc(-c6ccccc6O)cn5c4)CC3)C2)CC1. The van der Waals surface area contributed by atoms with Crippen LogP contribution in [0.15, 0.2) is 42.9 Å². The summed E-state index contributed by atoms with van der Waals surface area (Å²) in [4.78, 5) is 25.8. The van der Waals surface area contributed by atoms with E-state index in [1.165, 1.54) is 12.8 Å². The largest absolute Gasteiger partial charge is 0.507 e. The van der Waals surface area contributed by atoms with E-state index in [1.807, 2.05) is 54.6 Å². The second-order valence-corrected chi connectivity index (χ2v) is 13.2. The maximum Gasteiger partial charge on any atom is 0.410 e. The minimum atomic E-state index is -0.455. The Morgan fingerprint density at radius 1 is 1.02 bits per heavy atom. The topological polar surface area (TPSA) is 92.4 Å². The molecule has 0 unspecified atom stereocenters. The first kappa shape index (κ1) is 29.5. The zero-order valence-electron chi connectivity index (χ0n) is 25.5. The van der Waals surface area contributed by atoms with Crippen molar-refractivity contribution < 1.29 is 19.4 Å². The molecule has 0 atom stereocenters. The van der Waals surface area contributed by atoms with Crippen molar-refractivity contribution in [2.75, 3.05) is 26.2 Å². The summed E-state index contributed by atoms with van der Waals surface area (Å²) in [6.45, 7) is 9.41. The normalized spacial score (nSPS) is 22.2. The quantitative estimate of drug-likeness (QED) is 0.395. The number of aromatic nitrogens is 3. The molecule has 9 nitrogen and oxygen atoms in total. The summed E-state index contributed by atoms with van der Waals surface area (Å²) in [5, 5.41) is 10.2. The van der Waals surface area contributed by atoms with E-state index in [-0.39, 0.29) is 17.9 Å². The third-order valence-corrected chi connectivity index (χ3v) is 8.83. The molecule has 2 aliphatic heterocycles. The summed E-state index contributed by atoms with van der Waals surface area (Å²) < 4.78 is 13.8. The van der Waals surface area contributed by atoms with Crippen molar-refractivity contribution in [1.82, 2.24) is 24.2 Å². The molecule has 43 heavy (non-hydrogen) atoms. The Morgan fingerprint density at radius 2 is 1.77 bits per heavy atom. The fourth-order valence-corrected chi connectivity index (χ4v) is 6.31. The maximum absolute atomic E-state index is 12.3. The number of piperidine rings is 2. The van der Waals surface area contributed by atoms with E-state index in [9.17, 15) is 9.90 Å². The van der Waals surface area contributed by atoms with E-state index in [0.29, 0.717) is 48.2 Å². The third-order valence-electron chi connectivity index (χ3n) is 8.83. The molecule has 2 saturated heterocycles. The van der Waals surface area contributed by atoms with Crippen LogP contribution < -0.4 is 0 Å². The number of phenolic OH excluding ortho intramolecular Hbond substituents is 1. The number of hydrogen-bond acceptors (Lipinski definition) is 7. The lowest BCUT2D eigenvalue weighted by Gasteiger charge is -2.46. The number of ether oxygens (including phenoxy) is 2. The van der Waals surface area contributed by atoms with E-state index in [0.717, 1.165) is 50.8 Å². The van der Waals surface area contributed by atoms with Gasteiger partial charge in [0, 0.05) is 49.7 Å². The van der Waals surface area contributed by atoms with Gasteiger partial charge in [-0.05, 0) is 90.4 Å². The van der Waals surface area contributed by atoms with Crippen molar-refractivity contribution in [3.63, 3.8) is 0 Å². The first-order valence-corrected chi connectivity index (χ1v) is 15.7. The molecule has 228 valence electrons. The molecule has 3 aliphatic rings. The van der Waals surface area contributed by atoms with Crippen molar-refractivity contribution in [2.45, 2.75) is 89.6 Å². The van der Waals surface area contributed by atoms with Crippen LogP contribution in [0.1, 0.15) is 71.3 Å². The number of nitrogens with zero attached hydrogens (tertiary/aromatic N) is 5. The molecule has 2 aromatic heterocycles. The Hall–Kier alpha value is -3.61. The summed E-state index contributed by atoms with van der Waals surface area (Å²) in [6, 6.07) is 7.82. The number of para-hydroxylation sites is 1. The number of rotatable bonds is 5. The van der Waals surface area contributed by atoms with E-state index in [1.54, 1.807) is 18.3 Å². The lowest BCUT2D eigenvalue weighted by molar-refractivity contribution is -0.106. The molecule has 0 spiro atoms. The predicted molar refractivity (Wildman–Crippen MR) is 165 cm³/mol. The minimum Gasteiger partial charge on any atom is -0.507 e. The van der Waals surface area contributed by atoms with Gasteiger partial charge in [-0.1, -0.05) is 24.0 Å². The number of amides is 1. The van der Waals surface area contributed by atoms with Crippen LogP contribution in [0.3, 0.4) is 0 Å². The molecular formula is C34H43N5O4. The van der Waals surface area contributed by atoms with Gasteiger partial charge in [0.05, 0.1) is 23.5 Å². The number of phenols is 1. The van der Waals surface area contributed by atoms with Crippen LogP contribution in [0.5, 0.6) is 5.75 Å². The summed E-state index contributed by atoms with van der Waals surface area (Å²) in [5.74, 6) is 8.11. The third kappa shape index (κ3) is 7.31. The lowest BCUT2D eigenvalue weighted by atomic mass is 9.84. The van der Waals surface area contributed by atoms with E-state index < -0.39 is 5.60 Å². The fraction of sp³-hybridized carbons (Fsp3) is 0.559. The van der Waals surface area contributed by atoms with Gasteiger partial charge in [-0.3, -0.25) is 4.40 Å². The second kappa shape index (κ2) is 12.6. The van der Waals surface area contributed by atoms with Gasteiger partial charge in [0.25, 0.3) is 0 Å². The van der Waals surface area contributed by atoms with Crippen LogP contribution in [0.25, 0.3) is 17.0 Å². The molecule has 0 bridgehead atoms. The number of hydrogen-bond donors (Lipinski definition) is 1. The standard InChI is InChI=1S/C34H43N5O4/c1-34(2,3)43-33(41)38-17-13-27(14-18-38)42-28-19-26(20-28)37-15-11-24(12-16-37)7-6-8-25-21-35-32-36-30(23-39(32)22-25)29-9-4-5-10-31(29)40/h4-5,9-10,21-24,26-28,40H,7,11-20H2,1-3H3. The highest BCUT2D eigenvalue weighted by molar-refractivity contribution is 5.68. The van der Waals surface area contributed by atoms with Crippen LogP contribution in [0, 0.1) is 17.8 Å². The maximum atomic E-state index is 12.3. The van der Waals surface area contributed by atoms with Crippen LogP contribution >= 0.6 is 0 Å². The molecule has 1 saturated carbocycles. The molecule has 4 heterocycles.